The molecule has 3 fully saturated rings. The Kier molecular flexibility index (Phi) is 7.16. The molecule has 10 nitrogen and oxygen atoms in total. The van der Waals surface area contributed by atoms with E-state index in [-0.39, 0.29) is 18.8 Å². The molecule has 0 radical (unpaired) electrons. The fourth-order valence-corrected chi connectivity index (χ4v) is 5.93. The average molecular weight is 532 g/mol. The van der Waals surface area contributed by atoms with Crippen LogP contribution in [-0.2, 0) is 4.74 Å². The maximum Gasteiger partial charge on any atom is 0.227 e. The molecule has 3 saturated heterocycles. The number of pyridine rings is 1. The highest BCUT2D eigenvalue weighted by Crippen LogP contribution is 2.30. The van der Waals surface area contributed by atoms with E-state index in [4.69, 9.17) is 15.5 Å². The Morgan fingerprint density at radius 3 is 2.62 bits per heavy atom. The van der Waals surface area contributed by atoms with Gasteiger partial charge in [-0.3, -0.25) is 9.88 Å². The molecule has 39 heavy (non-hydrogen) atoms. The summed E-state index contributed by atoms with van der Waals surface area (Å²) in [4.78, 5) is 22.5. The van der Waals surface area contributed by atoms with Gasteiger partial charge in [-0.05, 0) is 37.3 Å². The van der Waals surface area contributed by atoms with Crippen LogP contribution in [0.2, 0.25) is 0 Å². The normalized spacial score (nSPS) is 26.3. The summed E-state index contributed by atoms with van der Waals surface area (Å²) < 4.78 is 20.3. The fourth-order valence-electron chi connectivity index (χ4n) is 5.93. The number of alkyl halides is 1. The largest absolute Gasteiger partial charge is 0.370 e. The SMILES string of the molecule is C[C@@H]1CN(c2ccc(C#N)c3ncccc23)C[C@H](CN2CCN(c3ccnc(N4C[C@@H](F)[C@@H](N)C4)n3)CC2)O1. The van der Waals surface area contributed by atoms with Crippen LogP contribution in [0.4, 0.5) is 21.8 Å². The zero-order valence-corrected chi connectivity index (χ0v) is 22.2. The van der Waals surface area contributed by atoms with Gasteiger partial charge in [-0.2, -0.15) is 10.2 Å². The number of aromatic nitrogens is 3. The Morgan fingerprint density at radius 2 is 1.85 bits per heavy atom. The summed E-state index contributed by atoms with van der Waals surface area (Å²) in [6.07, 6.45) is 2.60. The Bertz CT molecular complexity index is 1350. The number of nitriles is 1. The molecule has 2 aromatic heterocycles. The Morgan fingerprint density at radius 1 is 1.00 bits per heavy atom. The van der Waals surface area contributed by atoms with Gasteiger partial charge < -0.3 is 25.2 Å². The number of morpholine rings is 1. The number of ether oxygens (including phenoxy) is 1. The van der Waals surface area contributed by atoms with E-state index in [1.807, 2.05) is 35.2 Å². The van der Waals surface area contributed by atoms with Gasteiger partial charge in [0.05, 0.1) is 35.9 Å². The quantitative estimate of drug-likeness (QED) is 0.523. The van der Waals surface area contributed by atoms with Crippen molar-refractivity contribution >= 4 is 28.4 Å². The molecule has 3 aromatic rings. The lowest BCUT2D eigenvalue weighted by atomic mass is 10.1. The molecule has 2 N–H and O–H groups in total. The van der Waals surface area contributed by atoms with Crippen molar-refractivity contribution in [3.63, 3.8) is 0 Å². The van der Waals surface area contributed by atoms with Gasteiger partial charge in [0.15, 0.2) is 0 Å². The van der Waals surface area contributed by atoms with Gasteiger partial charge in [0, 0.05) is 75.8 Å². The topological polar surface area (TPSA) is 111 Å². The summed E-state index contributed by atoms with van der Waals surface area (Å²) in [5.41, 5.74) is 8.29. The van der Waals surface area contributed by atoms with E-state index in [1.165, 1.54) is 0 Å². The van der Waals surface area contributed by atoms with Gasteiger partial charge in [0.2, 0.25) is 5.95 Å². The minimum Gasteiger partial charge on any atom is -0.370 e. The van der Waals surface area contributed by atoms with E-state index in [1.54, 1.807) is 12.4 Å². The molecule has 1 aromatic carbocycles. The number of hydrogen-bond acceptors (Lipinski definition) is 10. The number of piperazine rings is 1. The first-order valence-corrected chi connectivity index (χ1v) is 13.6. The summed E-state index contributed by atoms with van der Waals surface area (Å²) in [6.45, 7) is 8.71. The molecular weight excluding hydrogens is 497 g/mol. The average Bonchev–Trinajstić information content (AvgIpc) is 3.30. The first kappa shape index (κ1) is 25.7. The number of benzene rings is 1. The molecule has 3 aliphatic rings. The number of hydrogen-bond donors (Lipinski definition) is 1. The van der Waals surface area contributed by atoms with Gasteiger partial charge in [-0.1, -0.05) is 0 Å². The molecule has 0 spiro atoms. The van der Waals surface area contributed by atoms with Crippen LogP contribution in [0, 0.1) is 11.3 Å². The molecule has 0 saturated carbocycles. The standard InChI is InChI=1S/C28H34FN9O/c1-19-14-37(25-5-4-20(13-30)27-22(25)3-2-7-32-27)16-21(39-19)15-35-9-11-36(12-10-35)26-6-8-33-28(34-26)38-17-23(29)24(31)18-38/h2-8,19,21,23-24H,9-12,14-18,31H2,1H3/t19-,21+,23-,24+/m1/s1. The van der Waals surface area contributed by atoms with Crippen LogP contribution in [0.15, 0.2) is 42.7 Å². The van der Waals surface area contributed by atoms with Crippen LogP contribution in [-0.4, -0.2) is 103 Å². The van der Waals surface area contributed by atoms with Crippen LogP contribution in [0.1, 0.15) is 12.5 Å². The number of nitrogens with zero attached hydrogens (tertiary/aromatic N) is 8. The molecule has 5 heterocycles. The van der Waals surface area contributed by atoms with Crippen molar-refractivity contribution in [3.05, 3.63) is 48.3 Å². The molecule has 0 amide bonds. The molecule has 0 unspecified atom stereocenters. The molecule has 204 valence electrons. The zero-order valence-electron chi connectivity index (χ0n) is 22.2. The maximum atomic E-state index is 13.9. The third-order valence-electron chi connectivity index (χ3n) is 7.89. The summed E-state index contributed by atoms with van der Waals surface area (Å²) in [5.74, 6) is 1.41. The molecule has 0 bridgehead atoms. The van der Waals surface area contributed by atoms with Crippen LogP contribution in [0.25, 0.3) is 10.9 Å². The molecule has 6 rings (SSSR count). The lowest BCUT2D eigenvalue weighted by molar-refractivity contribution is -0.0327. The highest BCUT2D eigenvalue weighted by atomic mass is 19.1. The van der Waals surface area contributed by atoms with E-state index in [0.29, 0.717) is 18.1 Å². The van der Waals surface area contributed by atoms with Crippen LogP contribution < -0.4 is 20.4 Å². The predicted octanol–water partition coefficient (Wildman–Crippen LogP) is 1.80. The second-order valence-electron chi connectivity index (χ2n) is 10.7. The van der Waals surface area contributed by atoms with Crippen molar-refractivity contribution in [2.75, 3.05) is 73.6 Å². The van der Waals surface area contributed by atoms with Crippen LogP contribution in [0.3, 0.4) is 0 Å². The number of anilines is 3. The number of rotatable bonds is 5. The third kappa shape index (κ3) is 5.32. The summed E-state index contributed by atoms with van der Waals surface area (Å²) >= 11 is 0. The van der Waals surface area contributed by atoms with Crippen LogP contribution in [0.5, 0.6) is 0 Å². The third-order valence-corrected chi connectivity index (χ3v) is 7.89. The van der Waals surface area contributed by atoms with Crippen molar-refractivity contribution in [2.24, 2.45) is 5.73 Å². The lowest BCUT2D eigenvalue weighted by Crippen LogP contribution is -2.54. The molecule has 0 aliphatic carbocycles. The first-order chi connectivity index (χ1) is 19.0. The van der Waals surface area contributed by atoms with Crippen LogP contribution >= 0.6 is 0 Å². The minimum atomic E-state index is -1.05. The van der Waals surface area contributed by atoms with Crippen molar-refractivity contribution in [1.29, 1.82) is 5.26 Å². The van der Waals surface area contributed by atoms with Crippen molar-refractivity contribution in [2.45, 2.75) is 31.3 Å². The summed E-state index contributed by atoms with van der Waals surface area (Å²) in [5, 5.41) is 10.5. The summed E-state index contributed by atoms with van der Waals surface area (Å²) in [6, 6.07) is 11.6. The zero-order chi connectivity index (χ0) is 26.9. The van der Waals surface area contributed by atoms with Gasteiger partial charge in [-0.15, -0.1) is 0 Å². The highest BCUT2D eigenvalue weighted by Gasteiger charge is 2.32. The molecular formula is C28H34FN9O. The Labute approximate surface area is 227 Å². The number of halogens is 1. The first-order valence-electron chi connectivity index (χ1n) is 13.6. The summed E-state index contributed by atoms with van der Waals surface area (Å²) in [7, 11) is 0. The lowest BCUT2D eigenvalue weighted by Gasteiger charge is -2.42. The van der Waals surface area contributed by atoms with Gasteiger partial charge in [0.1, 0.15) is 18.1 Å². The Hall–Kier alpha value is -3.59. The van der Waals surface area contributed by atoms with Crippen molar-refractivity contribution in [3.8, 4) is 6.07 Å². The van der Waals surface area contributed by atoms with E-state index in [0.717, 1.165) is 68.2 Å². The highest BCUT2D eigenvalue weighted by molar-refractivity contribution is 5.95. The second kappa shape index (κ2) is 10.9. The predicted molar refractivity (Wildman–Crippen MR) is 149 cm³/mol. The van der Waals surface area contributed by atoms with Gasteiger partial charge >= 0.3 is 0 Å². The van der Waals surface area contributed by atoms with E-state index >= 15 is 0 Å². The maximum absolute atomic E-state index is 13.9. The number of nitrogens with two attached hydrogens (primary N) is 1. The van der Waals surface area contributed by atoms with Gasteiger partial charge in [-0.25, -0.2) is 9.37 Å². The van der Waals surface area contributed by atoms with Gasteiger partial charge in [0.25, 0.3) is 0 Å². The van der Waals surface area contributed by atoms with E-state index in [2.05, 4.69) is 37.7 Å². The second-order valence-corrected chi connectivity index (χ2v) is 10.7. The fraction of sp³-hybridized carbons (Fsp3) is 0.500. The smallest absolute Gasteiger partial charge is 0.227 e. The monoisotopic (exact) mass is 531 g/mol. The molecule has 4 atom stereocenters. The molecule has 11 heteroatoms. The van der Waals surface area contributed by atoms with E-state index in [9.17, 15) is 9.65 Å². The van der Waals surface area contributed by atoms with Crippen molar-refractivity contribution in [1.82, 2.24) is 19.9 Å². The number of fused-ring (bicyclic) bond motifs is 1. The van der Waals surface area contributed by atoms with E-state index < -0.39 is 12.2 Å². The minimum absolute atomic E-state index is 0.0707. The Balaban J connectivity index is 1.08. The van der Waals surface area contributed by atoms with Crippen molar-refractivity contribution < 1.29 is 9.13 Å². The molecule has 3 aliphatic heterocycles.